The van der Waals surface area contributed by atoms with Gasteiger partial charge in [0.25, 0.3) is 0 Å². The van der Waals surface area contributed by atoms with Crippen LogP contribution in [0.4, 0.5) is 0 Å². The number of hydrogen-bond acceptors (Lipinski definition) is 4. The van der Waals surface area contributed by atoms with Crippen LogP contribution in [0.5, 0.6) is 17.2 Å². The van der Waals surface area contributed by atoms with Crippen LogP contribution in [0.1, 0.15) is 31.4 Å². The Kier molecular flexibility index (Phi) is 6.50. The largest absolute Gasteiger partial charge is 0.496 e. The summed E-state index contributed by atoms with van der Waals surface area (Å²) in [6, 6.07) is 11.0. The van der Waals surface area contributed by atoms with E-state index in [9.17, 15) is 4.79 Å². The number of benzene rings is 2. The fourth-order valence-corrected chi connectivity index (χ4v) is 2.46. The minimum atomic E-state index is -0.310. The van der Waals surface area contributed by atoms with Crippen LogP contribution in [0.15, 0.2) is 36.4 Å². The molecule has 2 rings (SSSR count). The molecule has 0 spiro atoms. The molecule has 0 aliphatic carbocycles. The number of esters is 1. The van der Waals surface area contributed by atoms with Gasteiger partial charge < -0.3 is 14.2 Å². The molecule has 0 amide bonds. The lowest BCUT2D eigenvalue weighted by Crippen LogP contribution is -2.09. The van der Waals surface area contributed by atoms with E-state index in [1.807, 2.05) is 18.2 Å². The second kappa shape index (κ2) is 8.60. The van der Waals surface area contributed by atoms with Crippen molar-refractivity contribution in [1.82, 2.24) is 0 Å². The molecular formula is C19H21ClO4. The average Bonchev–Trinajstić information content (AvgIpc) is 2.60. The van der Waals surface area contributed by atoms with E-state index in [-0.39, 0.29) is 12.6 Å². The summed E-state index contributed by atoms with van der Waals surface area (Å²) in [6.07, 6.45) is 1.20. The molecule has 0 saturated heterocycles. The topological polar surface area (TPSA) is 44.8 Å². The van der Waals surface area contributed by atoms with E-state index in [4.69, 9.17) is 25.8 Å². The van der Waals surface area contributed by atoms with Crippen molar-refractivity contribution >= 4 is 17.6 Å². The molecule has 0 fully saturated rings. The highest BCUT2D eigenvalue weighted by Gasteiger charge is 2.14. The molecule has 0 saturated carbocycles. The average molecular weight is 349 g/mol. The fourth-order valence-electron chi connectivity index (χ4n) is 2.20. The highest BCUT2D eigenvalue weighted by atomic mass is 35.5. The highest BCUT2D eigenvalue weighted by Crippen LogP contribution is 2.32. The van der Waals surface area contributed by atoms with Crippen molar-refractivity contribution in [2.75, 3.05) is 7.11 Å². The van der Waals surface area contributed by atoms with E-state index in [2.05, 4.69) is 6.92 Å². The molecule has 2 aromatic rings. The summed E-state index contributed by atoms with van der Waals surface area (Å²) in [6.45, 7) is 3.99. The Hall–Kier alpha value is -2.20. The minimum absolute atomic E-state index is 0.182. The molecule has 128 valence electrons. The normalized spacial score (nSPS) is 10.3. The van der Waals surface area contributed by atoms with E-state index in [0.29, 0.717) is 34.3 Å². The van der Waals surface area contributed by atoms with Crippen LogP contribution >= 0.6 is 11.6 Å². The van der Waals surface area contributed by atoms with Crippen LogP contribution in [0.2, 0.25) is 5.02 Å². The molecule has 0 aliphatic rings. The predicted octanol–water partition coefficient (Wildman–Crippen LogP) is 4.81. The summed E-state index contributed by atoms with van der Waals surface area (Å²) in [4.78, 5) is 11.6. The van der Waals surface area contributed by atoms with Gasteiger partial charge in [-0.25, -0.2) is 0 Å². The van der Waals surface area contributed by atoms with Gasteiger partial charge in [-0.2, -0.15) is 0 Å². The Bertz CT molecular complexity index is 713. The Morgan fingerprint density at radius 3 is 2.46 bits per heavy atom. The van der Waals surface area contributed by atoms with Crippen LogP contribution in [0, 0.1) is 0 Å². The monoisotopic (exact) mass is 348 g/mol. The molecule has 0 aromatic heterocycles. The third-order valence-corrected chi connectivity index (χ3v) is 3.89. The molecule has 2 aromatic carbocycles. The van der Waals surface area contributed by atoms with Crippen molar-refractivity contribution in [3.8, 4) is 17.2 Å². The zero-order chi connectivity index (χ0) is 17.5. The van der Waals surface area contributed by atoms with Crippen LogP contribution in [0.3, 0.4) is 0 Å². The maximum absolute atomic E-state index is 11.6. The van der Waals surface area contributed by atoms with Gasteiger partial charge in [0.05, 0.1) is 17.7 Å². The van der Waals surface area contributed by atoms with Crippen LogP contribution in [0.25, 0.3) is 0 Å². The molecule has 5 heteroatoms. The summed E-state index contributed by atoms with van der Waals surface area (Å²) in [5.41, 5.74) is 1.81. The summed E-state index contributed by atoms with van der Waals surface area (Å²) in [5, 5.41) is 0.552. The molecule has 0 N–H and O–H groups in total. The second-order valence-corrected chi connectivity index (χ2v) is 5.58. The van der Waals surface area contributed by atoms with E-state index in [1.54, 1.807) is 32.2 Å². The van der Waals surface area contributed by atoms with Gasteiger partial charge >= 0.3 is 5.97 Å². The first-order chi connectivity index (χ1) is 11.6. The Morgan fingerprint density at radius 1 is 1.08 bits per heavy atom. The maximum Gasteiger partial charge on any atom is 0.310 e. The zero-order valence-corrected chi connectivity index (χ0v) is 14.9. The van der Waals surface area contributed by atoms with Gasteiger partial charge in [0.15, 0.2) is 0 Å². The van der Waals surface area contributed by atoms with Crippen molar-refractivity contribution in [2.45, 2.75) is 33.3 Å². The lowest BCUT2D eigenvalue weighted by atomic mass is 10.1. The molecule has 24 heavy (non-hydrogen) atoms. The number of rotatable bonds is 7. The number of carbonyl (C=O) groups excluding carboxylic acids is 1. The number of halogens is 1. The highest BCUT2D eigenvalue weighted by molar-refractivity contribution is 6.32. The first-order valence-electron chi connectivity index (χ1n) is 7.86. The molecule has 0 bridgehead atoms. The smallest absolute Gasteiger partial charge is 0.310 e. The van der Waals surface area contributed by atoms with Crippen molar-refractivity contribution in [3.63, 3.8) is 0 Å². The van der Waals surface area contributed by atoms with Gasteiger partial charge in [-0.15, -0.1) is 0 Å². The Balaban J connectivity index is 2.23. The Morgan fingerprint density at radius 2 is 1.83 bits per heavy atom. The number of hydrogen-bond donors (Lipinski definition) is 0. The van der Waals surface area contributed by atoms with E-state index >= 15 is 0 Å². The summed E-state index contributed by atoms with van der Waals surface area (Å²) in [7, 11) is 1.56. The molecule has 4 nitrogen and oxygen atoms in total. The van der Waals surface area contributed by atoms with Gasteiger partial charge in [-0.3, -0.25) is 4.79 Å². The molecule has 0 heterocycles. The first kappa shape index (κ1) is 18.1. The lowest BCUT2D eigenvalue weighted by molar-refractivity contribution is -0.134. The summed E-state index contributed by atoms with van der Waals surface area (Å²) >= 11 is 6.25. The van der Waals surface area contributed by atoms with Crippen LogP contribution in [-0.2, 0) is 17.8 Å². The first-order valence-corrected chi connectivity index (χ1v) is 8.24. The quantitative estimate of drug-likeness (QED) is 0.532. The standard InChI is InChI=1S/C19H21ClO4/c1-4-13-9-10-18(15(20)11-13)23-12-14-16(22-3)7-6-8-17(14)24-19(21)5-2/h6-11H,4-5,12H2,1-3H3. The van der Waals surface area contributed by atoms with Crippen molar-refractivity contribution in [2.24, 2.45) is 0 Å². The Labute approximate surface area is 147 Å². The summed E-state index contributed by atoms with van der Waals surface area (Å²) < 4.78 is 16.5. The summed E-state index contributed by atoms with van der Waals surface area (Å²) in [5.74, 6) is 1.29. The van der Waals surface area contributed by atoms with E-state index < -0.39 is 0 Å². The van der Waals surface area contributed by atoms with E-state index in [1.165, 1.54) is 0 Å². The van der Waals surface area contributed by atoms with Crippen LogP contribution < -0.4 is 14.2 Å². The van der Waals surface area contributed by atoms with Gasteiger partial charge in [0.1, 0.15) is 23.9 Å². The van der Waals surface area contributed by atoms with Crippen molar-refractivity contribution in [3.05, 3.63) is 52.5 Å². The van der Waals surface area contributed by atoms with Crippen LogP contribution in [-0.4, -0.2) is 13.1 Å². The number of ether oxygens (including phenoxy) is 3. The molecule has 0 radical (unpaired) electrons. The maximum atomic E-state index is 11.6. The van der Waals surface area contributed by atoms with Gasteiger partial charge in [-0.1, -0.05) is 37.6 Å². The van der Waals surface area contributed by atoms with Gasteiger partial charge in [0, 0.05) is 6.42 Å². The molecule has 0 unspecified atom stereocenters. The number of aryl methyl sites for hydroxylation is 1. The number of methoxy groups -OCH3 is 1. The lowest BCUT2D eigenvalue weighted by Gasteiger charge is -2.15. The predicted molar refractivity (Wildman–Crippen MR) is 94.1 cm³/mol. The van der Waals surface area contributed by atoms with E-state index in [0.717, 1.165) is 12.0 Å². The molecule has 0 aliphatic heterocycles. The molecule has 0 atom stereocenters. The SMILES string of the molecule is CCC(=O)Oc1cccc(OC)c1COc1ccc(CC)cc1Cl. The van der Waals surface area contributed by atoms with Gasteiger partial charge in [0.2, 0.25) is 0 Å². The minimum Gasteiger partial charge on any atom is -0.496 e. The van der Waals surface area contributed by atoms with Crippen molar-refractivity contribution in [1.29, 1.82) is 0 Å². The third kappa shape index (κ3) is 4.42. The second-order valence-electron chi connectivity index (χ2n) is 5.17. The zero-order valence-electron chi connectivity index (χ0n) is 14.1. The fraction of sp³-hybridized carbons (Fsp3) is 0.316. The van der Waals surface area contributed by atoms with Gasteiger partial charge in [-0.05, 0) is 36.2 Å². The molecular weight excluding hydrogens is 328 g/mol. The third-order valence-electron chi connectivity index (χ3n) is 3.60. The van der Waals surface area contributed by atoms with Crippen molar-refractivity contribution < 1.29 is 19.0 Å². The number of carbonyl (C=O) groups is 1.